The van der Waals surface area contributed by atoms with Gasteiger partial charge < -0.3 is 9.88 Å². The fraction of sp³-hybridized carbons (Fsp3) is 0.357. The van der Waals surface area contributed by atoms with Crippen molar-refractivity contribution < 1.29 is 0 Å². The zero-order valence-electron chi connectivity index (χ0n) is 10.9. The molecule has 0 amide bonds. The lowest BCUT2D eigenvalue weighted by molar-refractivity contribution is 0.743. The minimum Gasteiger partial charge on any atom is -0.349 e. The van der Waals surface area contributed by atoms with Crippen molar-refractivity contribution >= 4 is 21.9 Å². The topological polar surface area (TPSA) is 29.9 Å². The van der Waals surface area contributed by atoms with Crippen LogP contribution in [0, 0.1) is 6.92 Å². The van der Waals surface area contributed by atoms with Gasteiger partial charge in [-0.2, -0.15) is 0 Å². The lowest BCUT2D eigenvalue weighted by atomic mass is 10.1. The van der Waals surface area contributed by atoms with Crippen LogP contribution in [-0.4, -0.2) is 9.55 Å². The molecule has 0 aliphatic heterocycles. The van der Waals surface area contributed by atoms with E-state index in [0.29, 0.717) is 0 Å². The van der Waals surface area contributed by atoms with Crippen molar-refractivity contribution in [2.24, 2.45) is 0 Å². The second kappa shape index (κ2) is 5.57. The maximum atomic E-state index is 4.51. The predicted octanol–water partition coefficient (Wildman–Crippen LogP) is 4.15. The zero-order valence-corrected chi connectivity index (χ0v) is 12.5. The first-order valence-electron chi connectivity index (χ1n) is 6.16. The van der Waals surface area contributed by atoms with Crippen molar-refractivity contribution in [1.29, 1.82) is 0 Å². The molecule has 0 bridgehead atoms. The van der Waals surface area contributed by atoms with E-state index in [1.165, 1.54) is 5.56 Å². The molecule has 1 aromatic heterocycles. The van der Waals surface area contributed by atoms with Gasteiger partial charge in [0.2, 0.25) is 5.95 Å². The van der Waals surface area contributed by atoms with Crippen LogP contribution in [-0.2, 0) is 6.54 Å². The Balaban J connectivity index is 2.18. The van der Waals surface area contributed by atoms with Crippen LogP contribution < -0.4 is 5.32 Å². The maximum Gasteiger partial charge on any atom is 0.203 e. The number of rotatable bonds is 4. The normalized spacial score (nSPS) is 12.4. The van der Waals surface area contributed by atoms with Crippen LogP contribution in [0.3, 0.4) is 0 Å². The smallest absolute Gasteiger partial charge is 0.203 e. The Bertz CT molecular complexity index is 534. The number of anilines is 1. The number of aryl methyl sites for hydroxylation is 2. The first-order chi connectivity index (χ1) is 8.60. The standard InChI is InChI=1S/C14H18BrN3/c1-4-18-9-10(2)16-14(18)17-11(3)12-6-5-7-13(15)8-12/h5-9,11H,4H2,1-3H3,(H,16,17). The van der Waals surface area contributed by atoms with Crippen LogP contribution >= 0.6 is 15.9 Å². The van der Waals surface area contributed by atoms with Crippen LogP contribution in [0.25, 0.3) is 0 Å². The highest BCUT2D eigenvalue weighted by atomic mass is 79.9. The van der Waals surface area contributed by atoms with Crippen molar-refractivity contribution in [2.45, 2.75) is 33.4 Å². The Kier molecular flexibility index (Phi) is 4.07. The Morgan fingerprint density at radius 1 is 1.44 bits per heavy atom. The van der Waals surface area contributed by atoms with Gasteiger partial charge in [0, 0.05) is 17.2 Å². The molecule has 3 nitrogen and oxygen atoms in total. The summed E-state index contributed by atoms with van der Waals surface area (Å²) in [5, 5.41) is 3.46. The Hall–Kier alpha value is -1.29. The molecule has 0 radical (unpaired) electrons. The van der Waals surface area contributed by atoms with Gasteiger partial charge in [-0.3, -0.25) is 0 Å². The summed E-state index contributed by atoms with van der Waals surface area (Å²) in [6, 6.07) is 8.57. The van der Waals surface area contributed by atoms with Crippen molar-refractivity contribution in [3.05, 3.63) is 46.2 Å². The molecule has 1 N–H and O–H groups in total. The first kappa shape index (κ1) is 13.1. The summed E-state index contributed by atoms with van der Waals surface area (Å²) in [5.41, 5.74) is 2.29. The fourth-order valence-corrected chi connectivity index (χ4v) is 2.37. The average molecular weight is 308 g/mol. The molecular weight excluding hydrogens is 290 g/mol. The second-order valence-corrected chi connectivity index (χ2v) is 5.33. The molecule has 0 spiro atoms. The summed E-state index contributed by atoms with van der Waals surface area (Å²) < 4.78 is 3.23. The molecule has 0 saturated carbocycles. The molecule has 1 heterocycles. The van der Waals surface area contributed by atoms with Gasteiger partial charge in [0.15, 0.2) is 0 Å². The molecule has 1 atom stereocenters. The third-order valence-electron chi connectivity index (χ3n) is 2.93. The number of aromatic nitrogens is 2. The molecule has 0 aliphatic carbocycles. The molecule has 0 fully saturated rings. The van der Waals surface area contributed by atoms with Gasteiger partial charge in [0.25, 0.3) is 0 Å². The highest BCUT2D eigenvalue weighted by molar-refractivity contribution is 9.10. The molecule has 0 saturated heterocycles. The largest absolute Gasteiger partial charge is 0.349 e. The molecular formula is C14H18BrN3. The summed E-state index contributed by atoms with van der Waals surface area (Å²) in [6.07, 6.45) is 2.07. The van der Waals surface area contributed by atoms with Gasteiger partial charge >= 0.3 is 0 Å². The summed E-state index contributed by atoms with van der Waals surface area (Å²) in [4.78, 5) is 4.51. The molecule has 1 unspecified atom stereocenters. The van der Waals surface area contributed by atoms with E-state index in [-0.39, 0.29) is 6.04 Å². The third kappa shape index (κ3) is 2.93. The first-order valence-corrected chi connectivity index (χ1v) is 6.95. The van der Waals surface area contributed by atoms with Crippen LogP contribution in [0.4, 0.5) is 5.95 Å². The Labute approximate surface area is 116 Å². The van der Waals surface area contributed by atoms with Gasteiger partial charge in [0.1, 0.15) is 0 Å². The van der Waals surface area contributed by atoms with E-state index in [4.69, 9.17) is 0 Å². The highest BCUT2D eigenvalue weighted by Crippen LogP contribution is 2.21. The van der Waals surface area contributed by atoms with Gasteiger partial charge in [-0.25, -0.2) is 4.98 Å². The van der Waals surface area contributed by atoms with E-state index in [9.17, 15) is 0 Å². The Morgan fingerprint density at radius 3 is 2.89 bits per heavy atom. The number of hydrogen-bond donors (Lipinski definition) is 1. The van der Waals surface area contributed by atoms with Crippen LogP contribution in [0.5, 0.6) is 0 Å². The van der Waals surface area contributed by atoms with Gasteiger partial charge in [-0.15, -0.1) is 0 Å². The summed E-state index contributed by atoms with van der Waals surface area (Å²) in [7, 11) is 0. The molecule has 2 aromatic rings. The summed E-state index contributed by atoms with van der Waals surface area (Å²) in [6.45, 7) is 7.21. The third-order valence-corrected chi connectivity index (χ3v) is 3.43. The monoisotopic (exact) mass is 307 g/mol. The SMILES string of the molecule is CCn1cc(C)nc1NC(C)c1cccc(Br)c1. The highest BCUT2D eigenvalue weighted by Gasteiger charge is 2.10. The van der Waals surface area contributed by atoms with E-state index in [1.807, 2.05) is 13.0 Å². The zero-order chi connectivity index (χ0) is 13.1. The fourth-order valence-electron chi connectivity index (χ4n) is 1.96. The predicted molar refractivity (Wildman–Crippen MR) is 78.8 cm³/mol. The minimum atomic E-state index is 0.231. The lowest BCUT2D eigenvalue weighted by Crippen LogP contribution is -2.11. The molecule has 96 valence electrons. The summed E-state index contributed by atoms with van der Waals surface area (Å²) in [5.74, 6) is 0.933. The lowest BCUT2D eigenvalue weighted by Gasteiger charge is -2.16. The number of imidazole rings is 1. The maximum absolute atomic E-state index is 4.51. The van der Waals surface area contributed by atoms with Gasteiger partial charge in [-0.05, 0) is 38.5 Å². The van der Waals surface area contributed by atoms with Gasteiger partial charge in [0.05, 0.1) is 11.7 Å². The number of nitrogens with one attached hydrogen (secondary N) is 1. The molecule has 1 aromatic carbocycles. The van der Waals surface area contributed by atoms with Crippen molar-refractivity contribution in [3.8, 4) is 0 Å². The van der Waals surface area contributed by atoms with E-state index in [2.05, 4.69) is 69.0 Å². The van der Waals surface area contributed by atoms with Crippen LogP contribution in [0.1, 0.15) is 31.1 Å². The summed E-state index contributed by atoms with van der Waals surface area (Å²) >= 11 is 3.50. The van der Waals surface area contributed by atoms with Crippen molar-refractivity contribution in [2.75, 3.05) is 5.32 Å². The number of nitrogens with zero attached hydrogens (tertiary/aromatic N) is 2. The van der Waals surface area contributed by atoms with Crippen LogP contribution in [0.15, 0.2) is 34.9 Å². The van der Waals surface area contributed by atoms with E-state index in [0.717, 1.165) is 22.7 Å². The Morgan fingerprint density at radius 2 is 2.22 bits per heavy atom. The molecule has 18 heavy (non-hydrogen) atoms. The minimum absolute atomic E-state index is 0.231. The quantitative estimate of drug-likeness (QED) is 0.919. The number of benzene rings is 1. The molecule has 2 rings (SSSR count). The molecule has 0 aliphatic rings. The molecule has 4 heteroatoms. The van der Waals surface area contributed by atoms with Crippen molar-refractivity contribution in [1.82, 2.24) is 9.55 Å². The number of halogens is 1. The average Bonchev–Trinajstić information content (AvgIpc) is 2.69. The van der Waals surface area contributed by atoms with Gasteiger partial charge in [-0.1, -0.05) is 28.1 Å². The van der Waals surface area contributed by atoms with Crippen molar-refractivity contribution in [3.63, 3.8) is 0 Å². The second-order valence-electron chi connectivity index (χ2n) is 4.41. The van der Waals surface area contributed by atoms with Crippen LogP contribution in [0.2, 0.25) is 0 Å². The van der Waals surface area contributed by atoms with E-state index in [1.54, 1.807) is 0 Å². The number of hydrogen-bond acceptors (Lipinski definition) is 2. The van der Waals surface area contributed by atoms with E-state index >= 15 is 0 Å². The van der Waals surface area contributed by atoms with E-state index < -0.39 is 0 Å².